The lowest BCUT2D eigenvalue weighted by Crippen LogP contribution is -2.34. The molecule has 1 amide bonds. The maximum atomic E-state index is 12.5. The molecule has 0 atom stereocenters. The molecule has 0 spiro atoms. The van der Waals surface area contributed by atoms with Gasteiger partial charge in [0.25, 0.3) is 5.91 Å². The molecule has 4 aromatic rings. The van der Waals surface area contributed by atoms with Crippen LogP contribution < -0.4 is 15.4 Å². The number of aryl methyl sites for hydroxylation is 1. The highest BCUT2D eigenvalue weighted by molar-refractivity contribution is 7.80. The molecule has 0 bridgehead atoms. The minimum atomic E-state index is -0.353. The summed E-state index contributed by atoms with van der Waals surface area (Å²) >= 11 is 5.28. The number of ether oxygens (including phenoxy) is 1. The van der Waals surface area contributed by atoms with Gasteiger partial charge >= 0.3 is 0 Å². The number of aromatic nitrogens is 1. The Kier molecular flexibility index (Phi) is 5.45. The Labute approximate surface area is 178 Å². The Hall–Kier alpha value is -3.71. The van der Waals surface area contributed by atoms with Crippen LogP contribution in [0, 0.1) is 6.92 Å². The zero-order chi connectivity index (χ0) is 21.1. The lowest BCUT2D eigenvalue weighted by Gasteiger charge is -2.11. The van der Waals surface area contributed by atoms with Gasteiger partial charge in [-0.15, -0.1) is 0 Å². The second kappa shape index (κ2) is 8.34. The third-order valence-corrected chi connectivity index (χ3v) is 4.69. The first kappa shape index (κ1) is 19.6. The zero-order valence-electron chi connectivity index (χ0n) is 16.4. The number of hydrogen-bond acceptors (Lipinski definition) is 5. The zero-order valence-corrected chi connectivity index (χ0v) is 17.2. The van der Waals surface area contributed by atoms with Crippen LogP contribution in [-0.2, 0) is 0 Å². The molecule has 30 heavy (non-hydrogen) atoms. The van der Waals surface area contributed by atoms with E-state index in [1.165, 1.54) is 7.11 Å². The van der Waals surface area contributed by atoms with E-state index >= 15 is 0 Å². The second-order valence-corrected chi connectivity index (χ2v) is 7.09. The molecule has 150 valence electrons. The maximum absolute atomic E-state index is 12.5. The fourth-order valence-electron chi connectivity index (χ4n) is 3.07. The van der Waals surface area contributed by atoms with Crippen LogP contribution in [0.2, 0.25) is 0 Å². The molecule has 7 heteroatoms. The summed E-state index contributed by atoms with van der Waals surface area (Å²) in [6.07, 6.45) is 0. The Balaban J connectivity index is 1.49. The van der Waals surface area contributed by atoms with E-state index in [1.54, 1.807) is 24.3 Å². The van der Waals surface area contributed by atoms with Crippen molar-refractivity contribution >= 4 is 40.0 Å². The van der Waals surface area contributed by atoms with Crippen molar-refractivity contribution in [3.05, 3.63) is 77.9 Å². The Morgan fingerprint density at radius 3 is 2.70 bits per heavy atom. The number of thiocarbonyl (C=S) groups is 1. The summed E-state index contributed by atoms with van der Waals surface area (Å²) in [7, 11) is 1.51. The van der Waals surface area contributed by atoms with E-state index in [4.69, 9.17) is 21.4 Å². The molecule has 1 aromatic heterocycles. The number of carbonyl (C=O) groups is 1. The normalized spacial score (nSPS) is 10.6. The smallest absolute Gasteiger partial charge is 0.261 e. The van der Waals surface area contributed by atoms with Gasteiger partial charge in [-0.1, -0.05) is 29.8 Å². The number of hydrogen-bond donors (Lipinski definition) is 2. The van der Waals surface area contributed by atoms with Crippen molar-refractivity contribution in [2.24, 2.45) is 0 Å². The molecular formula is C23H19N3O3S. The molecule has 2 N–H and O–H groups in total. The van der Waals surface area contributed by atoms with Crippen molar-refractivity contribution in [3.8, 4) is 17.2 Å². The first-order valence-corrected chi connectivity index (χ1v) is 9.67. The number of nitrogens with one attached hydrogen (secondary N) is 2. The fourth-order valence-corrected chi connectivity index (χ4v) is 3.28. The monoisotopic (exact) mass is 417 g/mol. The topological polar surface area (TPSA) is 76.4 Å². The molecule has 1 heterocycles. The van der Waals surface area contributed by atoms with Gasteiger partial charge in [-0.3, -0.25) is 10.1 Å². The van der Waals surface area contributed by atoms with E-state index in [1.807, 2.05) is 49.4 Å². The van der Waals surface area contributed by atoms with Crippen molar-refractivity contribution in [1.29, 1.82) is 0 Å². The first-order valence-electron chi connectivity index (χ1n) is 9.26. The SMILES string of the molecule is COc1ccccc1C(=O)NC(=S)Nc1ccc2oc(-c3cccc(C)c3)nc2c1. The van der Waals surface area contributed by atoms with Gasteiger partial charge in [-0.2, -0.15) is 0 Å². The minimum absolute atomic E-state index is 0.174. The van der Waals surface area contributed by atoms with Crippen molar-refractivity contribution in [2.75, 3.05) is 12.4 Å². The predicted molar refractivity (Wildman–Crippen MR) is 121 cm³/mol. The minimum Gasteiger partial charge on any atom is -0.496 e. The molecule has 3 aromatic carbocycles. The average molecular weight is 417 g/mol. The summed E-state index contributed by atoms with van der Waals surface area (Å²) in [6.45, 7) is 2.02. The van der Waals surface area contributed by atoms with Crippen LogP contribution in [-0.4, -0.2) is 23.1 Å². The van der Waals surface area contributed by atoms with Gasteiger partial charge in [-0.25, -0.2) is 4.98 Å². The van der Waals surface area contributed by atoms with E-state index in [2.05, 4.69) is 15.6 Å². The molecule has 6 nitrogen and oxygen atoms in total. The van der Waals surface area contributed by atoms with Crippen LogP contribution in [0.4, 0.5) is 5.69 Å². The number of benzene rings is 3. The van der Waals surface area contributed by atoms with Gasteiger partial charge in [0.15, 0.2) is 10.7 Å². The Morgan fingerprint density at radius 1 is 1.07 bits per heavy atom. The van der Waals surface area contributed by atoms with Gasteiger partial charge in [-0.05, 0) is 61.6 Å². The summed E-state index contributed by atoms with van der Waals surface area (Å²) in [4.78, 5) is 17.0. The number of para-hydroxylation sites is 1. The van der Waals surface area contributed by atoms with Crippen LogP contribution in [0.1, 0.15) is 15.9 Å². The highest BCUT2D eigenvalue weighted by atomic mass is 32.1. The van der Waals surface area contributed by atoms with Gasteiger partial charge in [0, 0.05) is 11.3 Å². The molecule has 0 radical (unpaired) electrons. The van der Waals surface area contributed by atoms with Crippen LogP contribution in [0.5, 0.6) is 5.75 Å². The van der Waals surface area contributed by atoms with Crippen molar-refractivity contribution < 1.29 is 13.9 Å². The van der Waals surface area contributed by atoms with Crippen LogP contribution in [0.25, 0.3) is 22.6 Å². The summed E-state index contributed by atoms with van der Waals surface area (Å²) < 4.78 is 11.1. The van der Waals surface area contributed by atoms with Crippen molar-refractivity contribution in [1.82, 2.24) is 10.3 Å². The maximum Gasteiger partial charge on any atom is 0.261 e. The number of fused-ring (bicyclic) bond motifs is 1. The summed E-state index contributed by atoms with van der Waals surface area (Å²) in [5, 5.41) is 5.84. The number of carbonyl (C=O) groups excluding carboxylic acids is 1. The van der Waals surface area contributed by atoms with Crippen LogP contribution in [0.15, 0.2) is 71.1 Å². The van der Waals surface area contributed by atoms with Gasteiger partial charge in [0.2, 0.25) is 5.89 Å². The number of methoxy groups -OCH3 is 1. The Bertz CT molecular complexity index is 1250. The van der Waals surface area contributed by atoms with E-state index in [-0.39, 0.29) is 11.0 Å². The lowest BCUT2D eigenvalue weighted by molar-refractivity contribution is 0.0975. The average Bonchev–Trinajstić information content (AvgIpc) is 3.17. The number of nitrogens with zero attached hydrogens (tertiary/aromatic N) is 1. The van der Waals surface area contributed by atoms with Gasteiger partial charge < -0.3 is 14.5 Å². The summed E-state index contributed by atoms with van der Waals surface area (Å²) in [5.41, 5.74) is 4.50. The van der Waals surface area contributed by atoms with Crippen LogP contribution in [0.3, 0.4) is 0 Å². The molecular weight excluding hydrogens is 398 g/mol. The predicted octanol–water partition coefficient (Wildman–Crippen LogP) is 4.94. The standard InChI is InChI=1S/C23H19N3O3S/c1-14-6-5-7-15(12-14)22-25-18-13-16(10-11-20(18)29-22)24-23(30)26-21(27)17-8-3-4-9-19(17)28-2/h3-13H,1-2H3,(H2,24,26,27,30). The Morgan fingerprint density at radius 2 is 1.90 bits per heavy atom. The molecule has 0 aliphatic carbocycles. The molecule has 0 saturated carbocycles. The number of oxazole rings is 1. The van der Waals surface area contributed by atoms with Crippen LogP contribution >= 0.6 is 12.2 Å². The third kappa shape index (κ3) is 4.16. The number of rotatable bonds is 4. The molecule has 0 unspecified atom stereocenters. The van der Waals surface area contributed by atoms with E-state index < -0.39 is 0 Å². The fraction of sp³-hybridized carbons (Fsp3) is 0.0870. The lowest BCUT2D eigenvalue weighted by atomic mass is 10.1. The second-order valence-electron chi connectivity index (χ2n) is 6.68. The van der Waals surface area contributed by atoms with E-state index in [9.17, 15) is 4.79 Å². The molecule has 0 aliphatic heterocycles. The van der Waals surface area contributed by atoms with Crippen molar-refractivity contribution in [2.45, 2.75) is 6.92 Å². The quantitative estimate of drug-likeness (QED) is 0.458. The largest absolute Gasteiger partial charge is 0.496 e. The summed E-state index contributed by atoms with van der Waals surface area (Å²) in [6, 6.07) is 20.4. The van der Waals surface area contributed by atoms with E-state index in [0.717, 1.165) is 11.1 Å². The molecule has 0 aliphatic rings. The summed E-state index contributed by atoms with van der Waals surface area (Å²) in [5.74, 6) is 0.678. The third-order valence-electron chi connectivity index (χ3n) is 4.49. The van der Waals surface area contributed by atoms with Gasteiger partial charge in [0.1, 0.15) is 11.3 Å². The molecule has 4 rings (SSSR count). The van der Waals surface area contributed by atoms with E-state index in [0.29, 0.717) is 34.0 Å². The van der Waals surface area contributed by atoms with Gasteiger partial charge in [0.05, 0.1) is 12.7 Å². The highest BCUT2D eigenvalue weighted by Gasteiger charge is 2.14. The van der Waals surface area contributed by atoms with Crippen molar-refractivity contribution in [3.63, 3.8) is 0 Å². The first-order chi connectivity index (χ1) is 14.5. The molecule has 0 saturated heterocycles. The number of anilines is 1. The number of amides is 1. The molecule has 0 fully saturated rings. The highest BCUT2D eigenvalue weighted by Crippen LogP contribution is 2.26.